The first-order chi connectivity index (χ1) is 14.3. The molecule has 0 N–H and O–H groups in total. The van der Waals surface area contributed by atoms with Crippen molar-refractivity contribution in [1.82, 2.24) is 9.55 Å². The molecule has 1 unspecified atom stereocenters. The molecule has 2 heterocycles. The average molecular weight is 408 g/mol. The van der Waals surface area contributed by atoms with Crippen molar-refractivity contribution in [2.24, 2.45) is 4.99 Å². The zero-order valence-electron chi connectivity index (χ0n) is 16.4. The van der Waals surface area contributed by atoms with Crippen LogP contribution < -0.4 is 0 Å². The molecule has 0 radical (unpaired) electrons. The van der Waals surface area contributed by atoms with Crippen LogP contribution in [0.25, 0.3) is 5.69 Å². The Bertz CT molecular complexity index is 1230. The molecule has 0 saturated heterocycles. The van der Waals surface area contributed by atoms with E-state index >= 15 is 0 Å². The van der Waals surface area contributed by atoms with Crippen LogP contribution in [-0.4, -0.2) is 26.2 Å². The lowest BCUT2D eigenvalue weighted by molar-refractivity contribution is -0.384. The highest BCUT2D eigenvalue weighted by Crippen LogP contribution is 2.35. The maximum Gasteiger partial charge on any atom is 0.304 e. The number of benzene rings is 2. The number of rotatable bonds is 3. The molecule has 1 aromatic heterocycles. The molecular weight excluding hydrogens is 391 g/mol. The number of carbonyl (C=O) groups excluding carboxylic acids is 1. The van der Waals surface area contributed by atoms with Gasteiger partial charge in [0.2, 0.25) is 0 Å². The van der Waals surface area contributed by atoms with Crippen molar-refractivity contribution in [3.05, 3.63) is 86.7 Å². The number of nitro benzene ring substituents is 1. The van der Waals surface area contributed by atoms with Gasteiger partial charge < -0.3 is 4.74 Å². The number of fused-ring (bicyclic) bond motifs is 3. The van der Waals surface area contributed by atoms with Gasteiger partial charge in [0.05, 0.1) is 22.0 Å². The summed E-state index contributed by atoms with van der Waals surface area (Å²) in [6.07, 6.45) is -1.14. The number of aryl methyl sites for hydroxylation is 1. The molecule has 152 valence electrons. The summed E-state index contributed by atoms with van der Waals surface area (Å²) in [5.74, 6) is -0.803. The molecule has 30 heavy (non-hydrogen) atoms. The fourth-order valence-electron chi connectivity index (χ4n) is 3.48. The van der Waals surface area contributed by atoms with Crippen LogP contribution in [0.3, 0.4) is 0 Å². The van der Waals surface area contributed by atoms with Gasteiger partial charge in [0.15, 0.2) is 5.82 Å². The summed E-state index contributed by atoms with van der Waals surface area (Å²) in [5.41, 5.74) is 2.42. The lowest BCUT2D eigenvalue weighted by atomic mass is 9.99. The second-order valence-corrected chi connectivity index (χ2v) is 6.85. The molecule has 0 fully saturated rings. The first-order valence-corrected chi connectivity index (χ1v) is 9.13. The van der Waals surface area contributed by atoms with Crippen molar-refractivity contribution >= 4 is 17.4 Å². The highest BCUT2D eigenvalue weighted by Gasteiger charge is 2.31. The third-order valence-corrected chi connectivity index (χ3v) is 4.93. The smallest absolute Gasteiger partial charge is 0.304 e. The molecule has 0 saturated carbocycles. The van der Waals surface area contributed by atoms with Crippen LogP contribution in [0.5, 0.6) is 0 Å². The fraction of sp³-hybridized carbons (Fsp3) is 0.190. The van der Waals surface area contributed by atoms with Crippen molar-refractivity contribution in [2.45, 2.75) is 27.0 Å². The number of ether oxygens (including phenoxy) is 1. The minimum atomic E-state index is -1.14. The molecule has 4 rings (SSSR count). The van der Waals surface area contributed by atoms with Crippen LogP contribution in [0.1, 0.15) is 41.5 Å². The van der Waals surface area contributed by atoms with E-state index in [1.54, 1.807) is 23.6 Å². The summed E-state index contributed by atoms with van der Waals surface area (Å²) in [5, 5.41) is 11.4. The highest BCUT2D eigenvalue weighted by atomic mass is 19.1. The zero-order valence-corrected chi connectivity index (χ0v) is 16.4. The predicted octanol–water partition coefficient (Wildman–Crippen LogP) is 3.95. The quantitative estimate of drug-likeness (QED) is 0.371. The molecule has 9 heteroatoms. The number of halogens is 1. The maximum atomic E-state index is 14.7. The number of aromatic nitrogens is 2. The number of aliphatic imine (C=N–C) groups is 1. The Balaban J connectivity index is 2.10. The van der Waals surface area contributed by atoms with E-state index in [1.165, 1.54) is 37.3 Å². The molecule has 2 aromatic carbocycles. The Kier molecular flexibility index (Phi) is 4.65. The Labute approximate surface area is 170 Å². The van der Waals surface area contributed by atoms with Gasteiger partial charge in [-0.05, 0) is 32.0 Å². The molecule has 0 aliphatic carbocycles. The summed E-state index contributed by atoms with van der Waals surface area (Å²) in [4.78, 5) is 31.7. The maximum absolute atomic E-state index is 14.7. The van der Waals surface area contributed by atoms with E-state index in [4.69, 9.17) is 4.74 Å². The summed E-state index contributed by atoms with van der Waals surface area (Å²) in [7, 11) is 0. The van der Waals surface area contributed by atoms with E-state index in [2.05, 4.69) is 9.98 Å². The van der Waals surface area contributed by atoms with Crippen LogP contribution in [0.4, 0.5) is 10.1 Å². The van der Waals surface area contributed by atoms with E-state index in [0.29, 0.717) is 22.8 Å². The van der Waals surface area contributed by atoms with E-state index in [9.17, 15) is 19.3 Å². The number of carbonyl (C=O) groups is 1. The number of esters is 1. The highest BCUT2D eigenvalue weighted by molar-refractivity contribution is 6.15. The second kappa shape index (κ2) is 7.18. The van der Waals surface area contributed by atoms with Crippen LogP contribution in [0.15, 0.2) is 47.5 Å². The fourth-order valence-corrected chi connectivity index (χ4v) is 3.48. The van der Waals surface area contributed by atoms with Gasteiger partial charge in [0.25, 0.3) is 11.9 Å². The van der Waals surface area contributed by atoms with Gasteiger partial charge in [-0.15, -0.1) is 0 Å². The van der Waals surface area contributed by atoms with E-state index in [0.717, 1.165) is 5.69 Å². The van der Waals surface area contributed by atoms with E-state index in [1.807, 2.05) is 6.92 Å². The van der Waals surface area contributed by atoms with Gasteiger partial charge in [-0.3, -0.25) is 19.5 Å². The Hall–Kier alpha value is -3.88. The second-order valence-electron chi connectivity index (χ2n) is 6.85. The molecule has 1 atom stereocenters. The molecule has 3 aromatic rings. The van der Waals surface area contributed by atoms with Gasteiger partial charge in [0, 0.05) is 35.9 Å². The molecule has 0 amide bonds. The SMILES string of the molecule is CC(=O)OC1N=C(c2ccccc2F)c2cc([N+](=O)[O-])ccc2-n2c1nc(C)c2C. The number of hydrogen-bond acceptors (Lipinski definition) is 6. The molecule has 0 bridgehead atoms. The van der Waals surface area contributed by atoms with Crippen LogP contribution in [0.2, 0.25) is 0 Å². The Morgan fingerprint density at radius 1 is 1.20 bits per heavy atom. The summed E-state index contributed by atoms with van der Waals surface area (Å²) in [6.45, 7) is 4.87. The van der Waals surface area contributed by atoms with Gasteiger partial charge >= 0.3 is 5.97 Å². The largest absolute Gasteiger partial charge is 0.432 e. The molecule has 8 nitrogen and oxygen atoms in total. The lowest BCUT2D eigenvalue weighted by Crippen LogP contribution is -2.12. The van der Waals surface area contributed by atoms with Gasteiger partial charge in [0.1, 0.15) is 5.82 Å². The van der Waals surface area contributed by atoms with Crippen molar-refractivity contribution < 1.29 is 18.8 Å². The topological polar surface area (TPSA) is 99.6 Å². The normalized spacial score (nSPS) is 14.9. The molecule has 0 spiro atoms. The minimum Gasteiger partial charge on any atom is -0.432 e. The molecular formula is C21H17FN4O4. The monoisotopic (exact) mass is 408 g/mol. The average Bonchev–Trinajstić information content (AvgIpc) is 2.92. The van der Waals surface area contributed by atoms with Crippen molar-refractivity contribution in [3.8, 4) is 5.69 Å². The standard InChI is InChI=1S/C21H17FN4O4/c1-11-12(2)25-18-9-8-14(26(28)29)10-16(18)19(15-6-4-5-7-17(15)22)24-21(20(25)23-11)30-13(3)27/h4-10,21H,1-3H3. The molecule has 1 aliphatic rings. The number of hydrogen-bond donors (Lipinski definition) is 0. The number of nitro groups is 1. The number of imidazole rings is 1. The zero-order chi connectivity index (χ0) is 21.6. The predicted molar refractivity (Wildman–Crippen MR) is 106 cm³/mol. The first-order valence-electron chi connectivity index (χ1n) is 9.13. The Morgan fingerprint density at radius 3 is 2.60 bits per heavy atom. The van der Waals surface area contributed by atoms with Gasteiger partial charge in [-0.25, -0.2) is 14.4 Å². The summed E-state index contributed by atoms with van der Waals surface area (Å²) in [6, 6.07) is 10.2. The Morgan fingerprint density at radius 2 is 1.93 bits per heavy atom. The lowest BCUT2D eigenvalue weighted by Gasteiger charge is -2.14. The van der Waals surface area contributed by atoms with E-state index in [-0.39, 0.29) is 17.0 Å². The first kappa shape index (κ1) is 19.4. The number of nitrogens with zero attached hydrogens (tertiary/aromatic N) is 4. The van der Waals surface area contributed by atoms with Gasteiger partial charge in [-0.2, -0.15) is 0 Å². The van der Waals surface area contributed by atoms with Crippen LogP contribution >= 0.6 is 0 Å². The third-order valence-electron chi connectivity index (χ3n) is 4.93. The van der Waals surface area contributed by atoms with E-state index < -0.39 is 22.9 Å². The van der Waals surface area contributed by atoms with Crippen molar-refractivity contribution in [1.29, 1.82) is 0 Å². The van der Waals surface area contributed by atoms with Gasteiger partial charge in [-0.1, -0.05) is 12.1 Å². The van der Waals surface area contributed by atoms with Crippen LogP contribution in [-0.2, 0) is 9.53 Å². The third kappa shape index (κ3) is 3.14. The summed E-state index contributed by atoms with van der Waals surface area (Å²) >= 11 is 0. The minimum absolute atomic E-state index is 0.136. The van der Waals surface area contributed by atoms with Crippen molar-refractivity contribution in [3.63, 3.8) is 0 Å². The summed E-state index contributed by atoms with van der Waals surface area (Å²) < 4.78 is 21.8. The van der Waals surface area contributed by atoms with Crippen molar-refractivity contribution in [2.75, 3.05) is 0 Å². The van der Waals surface area contributed by atoms with Crippen LogP contribution in [0, 0.1) is 29.8 Å². The molecule has 1 aliphatic heterocycles. The number of non-ortho nitro benzene ring substituents is 1.